The number of ether oxygens (including phenoxy) is 1. The van der Waals surface area contributed by atoms with E-state index in [0.29, 0.717) is 0 Å². The average molecular weight is 252 g/mol. The lowest BCUT2D eigenvalue weighted by Crippen LogP contribution is -1.86. The summed E-state index contributed by atoms with van der Waals surface area (Å²) in [5.74, 6) is 1.63. The maximum atomic E-state index is 10.2. The van der Waals surface area contributed by atoms with Crippen LogP contribution in [0.25, 0.3) is 6.08 Å². The number of aryl methyl sites for hydroxylation is 1. The Bertz CT molecular complexity index is 568. The lowest BCUT2D eigenvalue weighted by atomic mass is 10.1. The first-order valence-corrected chi connectivity index (χ1v) is 6.30. The van der Waals surface area contributed by atoms with Crippen molar-refractivity contribution >= 4 is 12.4 Å². The molecule has 2 nitrogen and oxygen atoms in total. The predicted octanol–water partition coefficient (Wildman–Crippen LogP) is 4.25. The van der Waals surface area contributed by atoms with Crippen molar-refractivity contribution in [2.45, 2.75) is 13.3 Å². The number of benzene rings is 2. The maximum Gasteiger partial charge on any atom is 0.142 e. The standard InChI is InChI=1S/C17H16O2/c1-2-14-5-3-7-17(13-14)19-16-10-8-15(9-11-16)6-4-12-18/h3-13H,2H2,1H3/b6-4+. The molecule has 0 bridgehead atoms. The summed E-state index contributed by atoms with van der Waals surface area (Å²) >= 11 is 0. The molecule has 2 heteroatoms. The molecule has 0 saturated heterocycles. The molecule has 0 radical (unpaired) electrons. The van der Waals surface area contributed by atoms with Crippen LogP contribution in [0.15, 0.2) is 54.6 Å². The molecule has 2 aromatic rings. The van der Waals surface area contributed by atoms with Gasteiger partial charge in [0.25, 0.3) is 0 Å². The number of hydrogen-bond donors (Lipinski definition) is 0. The first-order valence-electron chi connectivity index (χ1n) is 6.30. The number of rotatable bonds is 5. The number of allylic oxidation sites excluding steroid dienone is 1. The average Bonchev–Trinajstić information content (AvgIpc) is 2.47. The molecule has 19 heavy (non-hydrogen) atoms. The van der Waals surface area contributed by atoms with E-state index in [1.165, 1.54) is 11.6 Å². The van der Waals surface area contributed by atoms with Gasteiger partial charge in [0.2, 0.25) is 0 Å². The van der Waals surface area contributed by atoms with Gasteiger partial charge in [-0.3, -0.25) is 4.79 Å². The number of carbonyl (C=O) groups is 1. The van der Waals surface area contributed by atoms with Gasteiger partial charge in [0, 0.05) is 0 Å². The van der Waals surface area contributed by atoms with E-state index >= 15 is 0 Å². The molecule has 0 aromatic heterocycles. The summed E-state index contributed by atoms with van der Waals surface area (Å²) in [5, 5.41) is 0. The molecule has 0 fully saturated rings. The summed E-state index contributed by atoms with van der Waals surface area (Å²) < 4.78 is 5.79. The Balaban J connectivity index is 2.10. The second-order valence-corrected chi connectivity index (χ2v) is 4.17. The fraction of sp³-hybridized carbons (Fsp3) is 0.118. The summed E-state index contributed by atoms with van der Waals surface area (Å²) in [6, 6.07) is 15.7. The molecule has 96 valence electrons. The van der Waals surface area contributed by atoms with Gasteiger partial charge in [-0.2, -0.15) is 0 Å². The molecule has 0 atom stereocenters. The van der Waals surface area contributed by atoms with E-state index in [4.69, 9.17) is 4.74 Å². The van der Waals surface area contributed by atoms with Gasteiger partial charge in [0.1, 0.15) is 17.8 Å². The van der Waals surface area contributed by atoms with Crippen LogP contribution in [-0.2, 0) is 11.2 Å². The van der Waals surface area contributed by atoms with Gasteiger partial charge in [0.15, 0.2) is 0 Å². The fourth-order valence-corrected chi connectivity index (χ4v) is 1.76. The molecule has 0 aliphatic carbocycles. The summed E-state index contributed by atoms with van der Waals surface area (Å²) in [5.41, 5.74) is 2.23. The summed E-state index contributed by atoms with van der Waals surface area (Å²) in [4.78, 5) is 10.2. The first-order chi connectivity index (χ1) is 9.31. The largest absolute Gasteiger partial charge is 0.457 e. The van der Waals surface area contributed by atoms with Gasteiger partial charge in [-0.15, -0.1) is 0 Å². The van der Waals surface area contributed by atoms with Crippen LogP contribution in [0.4, 0.5) is 0 Å². The molecule has 0 N–H and O–H groups in total. The third-order valence-electron chi connectivity index (χ3n) is 2.79. The normalized spacial score (nSPS) is 10.6. The van der Waals surface area contributed by atoms with E-state index in [-0.39, 0.29) is 0 Å². The van der Waals surface area contributed by atoms with Crippen LogP contribution in [0, 0.1) is 0 Å². The van der Waals surface area contributed by atoms with E-state index in [0.717, 1.165) is 29.8 Å². The predicted molar refractivity (Wildman–Crippen MR) is 77.4 cm³/mol. The highest BCUT2D eigenvalue weighted by Crippen LogP contribution is 2.23. The molecule has 0 unspecified atom stereocenters. The number of aldehydes is 1. The molecule has 0 spiro atoms. The van der Waals surface area contributed by atoms with Gasteiger partial charge in [-0.25, -0.2) is 0 Å². The van der Waals surface area contributed by atoms with Crippen molar-refractivity contribution < 1.29 is 9.53 Å². The fourth-order valence-electron chi connectivity index (χ4n) is 1.76. The first kappa shape index (κ1) is 13.1. The Kier molecular flexibility index (Phi) is 4.51. The Hall–Kier alpha value is -2.35. The van der Waals surface area contributed by atoms with Crippen LogP contribution in [0.3, 0.4) is 0 Å². The zero-order valence-electron chi connectivity index (χ0n) is 10.9. The third kappa shape index (κ3) is 3.81. The molecular weight excluding hydrogens is 236 g/mol. The zero-order valence-corrected chi connectivity index (χ0v) is 10.9. The van der Waals surface area contributed by atoms with Crippen LogP contribution in [-0.4, -0.2) is 6.29 Å². The third-order valence-corrected chi connectivity index (χ3v) is 2.79. The molecule has 0 saturated carbocycles. The quantitative estimate of drug-likeness (QED) is 0.587. The van der Waals surface area contributed by atoms with Crippen LogP contribution >= 0.6 is 0 Å². The van der Waals surface area contributed by atoms with Crippen molar-refractivity contribution in [2.75, 3.05) is 0 Å². The second kappa shape index (κ2) is 6.55. The van der Waals surface area contributed by atoms with Crippen molar-refractivity contribution in [3.63, 3.8) is 0 Å². The summed E-state index contributed by atoms with van der Waals surface area (Å²) in [6.45, 7) is 2.12. The minimum atomic E-state index is 0.765. The van der Waals surface area contributed by atoms with Crippen LogP contribution in [0.2, 0.25) is 0 Å². The van der Waals surface area contributed by atoms with Crippen LogP contribution in [0.5, 0.6) is 11.5 Å². The van der Waals surface area contributed by atoms with E-state index < -0.39 is 0 Å². The maximum absolute atomic E-state index is 10.2. The van der Waals surface area contributed by atoms with E-state index in [1.54, 1.807) is 6.08 Å². The lowest BCUT2D eigenvalue weighted by Gasteiger charge is -2.07. The highest BCUT2D eigenvalue weighted by atomic mass is 16.5. The highest BCUT2D eigenvalue weighted by molar-refractivity contribution is 5.73. The highest BCUT2D eigenvalue weighted by Gasteiger charge is 1.98. The second-order valence-electron chi connectivity index (χ2n) is 4.17. The van der Waals surface area contributed by atoms with Crippen molar-refractivity contribution in [1.82, 2.24) is 0 Å². The SMILES string of the molecule is CCc1cccc(Oc2ccc(/C=C/C=O)cc2)c1. The Labute approximate surface area is 113 Å². The Morgan fingerprint density at radius 2 is 1.84 bits per heavy atom. The molecule has 0 heterocycles. The summed E-state index contributed by atoms with van der Waals surface area (Å²) in [7, 11) is 0. The zero-order chi connectivity index (χ0) is 13.5. The smallest absolute Gasteiger partial charge is 0.142 e. The van der Waals surface area contributed by atoms with Gasteiger partial charge in [0.05, 0.1) is 0 Å². The van der Waals surface area contributed by atoms with E-state index in [9.17, 15) is 4.79 Å². The van der Waals surface area contributed by atoms with Crippen molar-refractivity contribution in [3.05, 3.63) is 65.7 Å². The molecule has 2 aromatic carbocycles. The molecule has 2 rings (SSSR count). The van der Waals surface area contributed by atoms with Crippen LogP contribution in [0.1, 0.15) is 18.1 Å². The monoisotopic (exact) mass is 252 g/mol. The molecule has 0 aliphatic heterocycles. The lowest BCUT2D eigenvalue weighted by molar-refractivity contribution is -0.104. The van der Waals surface area contributed by atoms with Gasteiger partial charge in [-0.05, 0) is 47.9 Å². The number of carbonyl (C=O) groups excluding carboxylic acids is 1. The molecule has 0 amide bonds. The molecular formula is C17H16O2. The Morgan fingerprint density at radius 1 is 1.05 bits per heavy atom. The van der Waals surface area contributed by atoms with E-state index in [1.807, 2.05) is 42.5 Å². The van der Waals surface area contributed by atoms with Crippen molar-refractivity contribution in [2.24, 2.45) is 0 Å². The van der Waals surface area contributed by atoms with Crippen molar-refractivity contribution in [3.8, 4) is 11.5 Å². The van der Waals surface area contributed by atoms with E-state index in [2.05, 4.69) is 13.0 Å². The Morgan fingerprint density at radius 3 is 2.53 bits per heavy atom. The minimum Gasteiger partial charge on any atom is -0.457 e. The minimum absolute atomic E-state index is 0.765. The van der Waals surface area contributed by atoms with Crippen LogP contribution < -0.4 is 4.74 Å². The molecule has 0 aliphatic rings. The van der Waals surface area contributed by atoms with Gasteiger partial charge < -0.3 is 4.74 Å². The van der Waals surface area contributed by atoms with Gasteiger partial charge in [-0.1, -0.05) is 37.3 Å². The topological polar surface area (TPSA) is 26.3 Å². The van der Waals surface area contributed by atoms with Crippen molar-refractivity contribution in [1.29, 1.82) is 0 Å². The summed E-state index contributed by atoms with van der Waals surface area (Å²) in [6.07, 6.45) is 4.99. The number of hydrogen-bond acceptors (Lipinski definition) is 2. The van der Waals surface area contributed by atoms with Gasteiger partial charge >= 0.3 is 0 Å².